The lowest BCUT2D eigenvalue weighted by molar-refractivity contribution is 0.749. The molecule has 0 fully saturated rings. The Morgan fingerprint density at radius 3 is 1.54 bits per heavy atom. The lowest BCUT2D eigenvalue weighted by atomic mass is 9.65. The van der Waals surface area contributed by atoms with Crippen molar-refractivity contribution in [3.63, 3.8) is 0 Å². The Morgan fingerprint density at radius 2 is 0.821 bits per heavy atom. The van der Waals surface area contributed by atoms with Gasteiger partial charge in [0, 0.05) is 27.8 Å². The highest BCUT2D eigenvalue weighted by Gasteiger charge is 2.50. The van der Waals surface area contributed by atoms with Crippen LogP contribution in [0.2, 0.25) is 0 Å². The van der Waals surface area contributed by atoms with Crippen LogP contribution in [-0.2, 0) is 5.41 Å². The molecule has 0 radical (unpaired) electrons. The van der Waals surface area contributed by atoms with Gasteiger partial charge in [0.2, 0.25) is 0 Å². The molecule has 0 unspecified atom stereocenters. The zero-order chi connectivity index (χ0) is 44.1. The minimum atomic E-state index is -0.497. The summed E-state index contributed by atoms with van der Waals surface area (Å²) < 4.78 is 2.53. The summed E-state index contributed by atoms with van der Waals surface area (Å²) in [6.45, 7) is 0. The molecular formula is C65H42N2. The second kappa shape index (κ2) is 14.7. The number of nitrogens with zero attached hydrogens (tertiary/aromatic N) is 2. The number of benzene rings is 11. The number of para-hydroxylation sites is 2. The van der Waals surface area contributed by atoms with Gasteiger partial charge < -0.3 is 9.47 Å². The first kappa shape index (κ1) is 37.6. The van der Waals surface area contributed by atoms with E-state index >= 15 is 0 Å². The maximum atomic E-state index is 2.53. The van der Waals surface area contributed by atoms with Crippen LogP contribution < -0.4 is 4.90 Å². The van der Waals surface area contributed by atoms with Crippen LogP contribution in [0.1, 0.15) is 22.3 Å². The van der Waals surface area contributed by atoms with Crippen LogP contribution in [0.25, 0.3) is 82.8 Å². The van der Waals surface area contributed by atoms with E-state index in [1.807, 2.05) is 0 Å². The number of fused-ring (bicyclic) bond motifs is 13. The maximum Gasteiger partial charge on any atom is 0.0754 e. The van der Waals surface area contributed by atoms with Gasteiger partial charge in [-0.05, 0) is 132 Å². The van der Waals surface area contributed by atoms with E-state index in [1.54, 1.807) is 0 Å². The third-order valence-electron chi connectivity index (χ3n) is 14.6. The number of hydrogen-bond donors (Lipinski definition) is 0. The SMILES string of the molecule is c1ccc(-c2ccccc2-c2ccc(N(c3ccc(-c4ccc5c(c4)C4(c6ccccc6-c6ccccc64)c4cccc6c7ccccc7n-5c46)cc3)c3ccc4ccccc4c3)cc2)cc1. The fourth-order valence-electron chi connectivity index (χ4n) is 11.7. The van der Waals surface area contributed by atoms with E-state index < -0.39 is 5.41 Å². The van der Waals surface area contributed by atoms with Crippen molar-refractivity contribution in [1.29, 1.82) is 0 Å². The zero-order valence-corrected chi connectivity index (χ0v) is 36.6. The predicted molar refractivity (Wildman–Crippen MR) is 280 cm³/mol. The molecule has 0 N–H and O–H groups in total. The molecule has 2 heteroatoms. The van der Waals surface area contributed by atoms with Crippen molar-refractivity contribution in [1.82, 2.24) is 4.57 Å². The Morgan fingerprint density at radius 1 is 0.299 bits per heavy atom. The first-order chi connectivity index (χ1) is 33.2. The second-order valence-corrected chi connectivity index (χ2v) is 18.0. The molecule has 12 aromatic rings. The lowest BCUT2D eigenvalue weighted by Crippen LogP contribution is -2.33. The van der Waals surface area contributed by atoms with Crippen LogP contribution in [0.5, 0.6) is 0 Å². The molecule has 1 aliphatic heterocycles. The largest absolute Gasteiger partial charge is 0.310 e. The molecule has 0 bridgehead atoms. The summed E-state index contributed by atoms with van der Waals surface area (Å²) in [5, 5.41) is 5.01. The smallest absolute Gasteiger partial charge is 0.0754 e. The monoisotopic (exact) mass is 850 g/mol. The van der Waals surface area contributed by atoms with Crippen molar-refractivity contribution in [3.05, 3.63) is 277 Å². The number of aromatic nitrogens is 1. The van der Waals surface area contributed by atoms with Gasteiger partial charge in [0.1, 0.15) is 0 Å². The molecule has 1 aromatic heterocycles. The van der Waals surface area contributed by atoms with Crippen molar-refractivity contribution in [2.24, 2.45) is 0 Å². The van der Waals surface area contributed by atoms with E-state index in [9.17, 15) is 0 Å². The number of anilines is 3. The van der Waals surface area contributed by atoms with Gasteiger partial charge in [0.25, 0.3) is 0 Å². The summed E-state index contributed by atoms with van der Waals surface area (Å²) in [6.07, 6.45) is 0. The van der Waals surface area contributed by atoms with Gasteiger partial charge in [-0.1, -0.05) is 200 Å². The average Bonchev–Trinajstić information content (AvgIpc) is 3.90. The van der Waals surface area contributed by atoms with Crippen LogP contribution in [0.15, 0.2) is 255 Å². The van der Waals surface area contributed by atoms with Crippen LogP contribution in [0.4, 0.5) is 17.1 Å². The molecule has 11 aromatic carbocycles. The van der Waals surface area contributed by atoms with E-state index in [-0.39, 0.29) is 0 Å². The van der Waals surface area contributed by atoms with Crippen molar-refractivity contribution in [3.8, 4) is 50.2 Å². The number of hydrogen-bond acceptors (Lipinski definition) is 1. The normalized spacial score (nSPS) is 12.9. The van der Waals surface area contributed by atoms with Gasteiger partial charge in [0.15, 0.2) is 0 Å². The predicted octanol–water partition coefficient (Wildman–Crippen LogP) is 17.1. The van der Waals surface area contributed by atoms with E-state index in [4.69, 9.17) is 0 Å². The molecule has 1 spiro atoms. The highest BCUT2D eigenvalue weighted by atomic mass is 15.1. The van der Waals surface area contributed by atoms with Crippen LogP contribution >= 0.6 is 0 Å². The molecule has 14 rings (SSSR count). The molecule has 2 heterocycles. The molecular weight excluding hydrogens is 809 g/mol. The Balaban J connectivity index is 0.922. The van der Waals surface area contributed by atoms with Crippen molar-refractivity contribution in [2.45, 2.75) is 5.41 Å². The van der Waals surface area contributed by atoms with Gasteiger partial charge in [-0.3, -0.25) is 0 Å². The molecule has 312 valence electrons. The third kappa shape index (κ3) is 5.51. The maximum absolute atomic E-state index is 2.53. The highest BCUT2D eigenvalue weighted by molar-refractivity contribution is 6.13. The molecule has 0 amide bonds. The van der Waals surface area contributed by atoms with Gasteiger partial charge >= 0.3 is 0 Å². The Hall–Kier alpha value is -8.72. The first-order valence-electron chi connectivity index (χ1n) is 23.3. The minimum absolute atomic E-state index is 0.497. The van der Waals surface area contributed by atoms with E-state index in [2.05, 4.69) is 264 Å². The summed E-state index contributed by atoms with van der Waals surface area (Å²) in [6, 6.07) is 94.3. The van der Waals surface area contributed by atoms with Crippen molar-refractivity contribution < 1.29 is 0 Å². The van der Waals surface area contributed by atoms with E-state index in [0.717, 1.165) is 17.1 Å². The summed E-state index contributed by atoms with van der Waals surface area (Å²) >= 11 is 0. The van der Waals surface area contributed by atoms with Crippen LogP contribution in [0.3, 0.4) is 0 Å². The van der Waals surface area contributed by atoms with Crippen LogP contribution in [0, 0.1) is 0 Å². The molecule has 2 aliphatic rings. The highest BCUT2D eigenvalue weighted by Crippen LogP contribution is 2.61. The Kier molecular flexibility index (Phi) is 8.23. The first-order valence-corrected chi connectivity index (χ1v) is 23.3. The second-order valence-electron chi connectivity index (χ2n) is 18.0. The van der Waals surface area contributed by atoms with Crippen molar-refractivity contribution >= 4 is 49.6 Å². The van der Waals surface area contributed by atoms with E-state index in [1.165, 1.54) is 105 Å². The lowest BCUT2D eigenvalue weighted by Gasteiger charge is -2.40. The fourth-order valence-corrected chi connectivity index (χ4v) is 11.7. The average molecular weight is 851 g/mol. The molecule has 1 aliphatic carbocycles. The Bertz CT molecular complexity index is 3870. The van der Waals surface area contributed by atoms with Gasteiger partial charge in [-0.2, -0.15) is 0 Å². The zero-order valence-electron chi connectivity index (χ0n) is 36.6. The molecule has 0 saturated heterocycles. The third-order valence-corrected chi connectivity index (χ3v) is 14.6. The number of rotatable bonds is 6. The van der Waals surface area contributed by atoms with Crippen molar-refractivity contribution in [2.75, 3.05) is 4.90 Å². The topological polar surface area (TPSA) is 8.17 Å². The summed E-state index contributed by atoms with van der Waals surface area (Å²) in [5.41, 5.74) is 21.7. The van der Waals surface area contributed by atoms with Gasteiger partial charge in [-0.25, -0.2) is 0 Å². The minimum Gasteiger partial charge on any atom is -0.310 e. The van der Waals surface area contributed by atoms with Gasteiger partial charge in [-0.15, -0.1) is 0 Å². The molecule has 0 saturated carbocycles. The summed E-state index contributed by atoms with van der Waals surface area (Å²) in [4.78, 5) is 2.39. The summed E-state index contributed by atoms with van der Waals surface area (Å²) in [7, 11) is 0. The standard InChI is InChI=1S/C65H42N2/c1-2-16-45(17-3-1)52-19-6-7-20-53(52)46-32-37-50(38-33-46)66(51-39-31-43-15-4-5-18-47(43)41-51)49-35-29-44(30-36-49)48-34-40-63-61(42-48)65(58-25-11-8-21-54(58)55-22-9-12-26-59(55)65)60-27-14-24-57-56-23-10-13-28-62(56)67(63)64(57)60/h1-42H. The van der Waals surface area contributed by atoms with Gasteiger partial charge in [0.05, 0.1) is 22.1 Å². The summed E-state index contributed by atoms with van der Waals surface area (Å²) in [5.74, 6) is 0. The quantitative estimate of drug-likeness (QED) is 0.162. The molecule has 67 heavy (non-hydrogen) atoms. The van der Waals surface area contributed by atoms with E-state index in [0.29, 0.717) is 0 Å². The molecule has 2 nitrogen and oxygen atoms in total. The molecule has 0 atom stereocenters. The fraction of sp³-hybridized carbons (Fsp3) is 0.0154. The van der Waals surface area contributed by atoms with Crippen LogP contribution in [-0.4, -0.2) is 4.57 Å². The Labute approximate surface area is 389 Å².